The zero-order chi connectivity index (χ0) is 10.8. The predicted octanol–water partition coefficient (Wildman–Crippen LogP) is 0.688. The lowest BCUT2D eigenvalue weighted by molar-refractivity contribution is 0.0942. The molecular weight excluding hydrogens is 196 g/mol. The van der Waals surface area contributed by atoms with Gasteiger partial charge in [0, 0.05) is 18.3 Å². The van der Waals surface area contributed by atoms with Crippen molar-refractivity contribution >= 4 is 5.91 Å². The van der Waals surface area contributed by atoms with Gasteiger partial charge in [0.1, 0.15) is 0 Å². The molecule has 0 aliphatic heterocycles. The molecule has 0 saturated heterocycles. The Bertz CT molecular complexity index is 388. The van der Waals surface area contributed by atoms with Crippen molar-refractivity contribution < 1.29 is 14.6 Å². The summed E-state index contributed by atoms with van der Waals surface area (Å²) in [5, 5.41) is 12.4. The van der Waals surface area contributed by atoms with Crippen molar-refractivity contribution in [3.8, 4) is 11.5 Å². The van der Waals surface area contributed by atoms with Crippen LogP contribution in [0.4, 0.5) is 0 Å². The molecule has 1 aliphatic carbocycles. The Morgan fingerprint density at radius 3 is 3.00 bits per heavy atom. The van der Waals surface area contributed by atoms with Crippen molar-refractivity contribution in [3.05, 3.63) is 18.0 Å². The average Bonchev–Trinajstić information content (AvgIpc) is 3.02. The third kappa shape index (κ3) is 2.01. The number of hydrogen-bond donors (Lipinski definition) is 2. The molecule has 0 atom stereocenters. The quantitative estimate of drug-likeness (QED) is 0.766. The summed E-state index contributed by atoms with van der Waals surface area (Å²) >= 11 is 0. The molecule has 1 aliphatic rings. The van der Waals surface area contributed by atoms with Gasteiger partial charge in [-0.1, -0.05) is 0 Å². The van der Waals surface area contributed by atoms with Crippen LogP contribution in [-0.2, 0) is 0 Å². The summed E-state index contributed by atoms with van der Waals surface area (Å²) in [7, 11) is 1.43. The molecule has 0 aromatic carbocycles. The number of pyridine rings is 1. The predicted molar refractivity (Wildman–Crippen MR) is 52.9 cm³/mol. The Kier molecular flexibility index (Phi) is 2.45. The van der Waals surface area contributed by atoms with E-state index in [1.54, 1.807) is 0 Å². The van der Waals surface area contributed by atoms with E-state index in [2.05, 4.69) is 10.3 Å². The summed E-state index contributed by atoms with van der Waals surface area (Å²) < 4.78 is 4.89. The average molecular weight is 208 g/mol. The first-order chi connectivity index (χ1) is 7.22. The lowest BCUT2D eigenvalue weighted by Gasteiger charge is -2.07. The molecular formula is C10H12N2O3. The summed E-state index contributed by atoms with van der Waals surface area (Å²) in [4.78, 5) is 15.4. The van der Waals surface area contributed by atoms with E-state index < -0.39 is 0 Å². The first-order valence-electron chi connectivity index (χ1n) is 4.75. The maximum atomic E-state index is 11.6. The molecule has 80 valence electrons. The van der Waals surface area contributed by atoms with Crippen molar-refractivity contribution in [2.24, 2.45) is 0 Å². The summed E-state index contributed by atoms with van der Waals surface area (Å²) in [5.41, 5.74) is 0.0150. The molecule has 5 nitrogen and oxygen atoms in total. The number of carbonyl (C=O) groups is 1. The number of hydrogen-bond acceptors (Lipinski definition) is 4. The van der Waals surface area contributed by atoms with Gasteiger partial charge in [-0.3, -0.25) is 4.79 Å². The monoisotopic (exact) mass is 208 g/mol. The fraction of sp³-hybridized carbons (Fsp3) is 0.400. The van der Waals surface area contributed by atoms with Crippen LogP contribution < -0.4 is 10.1 Å². The zero-order valence-electron chi connectivity index (χ0n) is 8.36. The molecule has 5 heteroatoms. The molecule has 1 fully saturated rings. The standard InChI is InChI=1S/C10H12N2O3/c1-15-7-4-5-11-8(9(7)13)10(14)12-6-2-3-6/h4-6,13H,2-3H2,1H3,(H,12,14). The highest BCUT2D eigenvalue weighted by Gasteiger charge is 2.26. The van der Waals surface area contributed by atoms with E-state index >= 15 is 0 Å². The van der Waals surface area contributed by atoms with E-state index in [-0.39, 0.29) is 29.1 Å². The van der Waals surface area contributed by atoms with Gasteiger partial charge < -0.3 is 15.2 Å². The lowest BCUT2D eigenvalue weighted by Crippen LogP contribution is -2.26. The van der Waals surface area contributed by atoms with Gasteiger partial charge in [0.2, 0.25) is 0 Å². The third-order valence-electron chi connectivity index (χ3n) is 2.23. The first-order valence-corrected chi connectivity index (χ1v) is 4.75. The molecule has 0 spiro atoms. The maximum Gasteiger partial charge on any atom is 0.274 e. The fourth-order valence-corrected chi connectivity index (χ4v) is 1.25. The second-order valence-corrected chi connectivity index (χ2v) is 3.46. The number of carbonyl (C=O) groups excluding carboxylic acids is 1. The highest BCUT2D eigenvalue weighted by Crippen LogP contribution is 2.28. The fourth-order valence-electron chi connectivity index (χ4n) is 1.25. The Morgan fingerprint density at radius 2 is 2.40 bits per heavy atom. The highest BCUT2D eigenvalue weighted by molar-refractivity contribution is 5.95. The van der Waals surface area contributed by atoms with Crippen molar-refractivity contribution in [3.63, 3.8) is 0 Å². The van der Waals surface area contributed by atoms with Gasteiger partial charge in [-0.05, 0) is 12.8 Å². The van der Waals surface area contributed by atoms with Crippen molar-refractivity contribution in [2.45, 2.75) is 18.9 Å². The first kappa shape index (κ1) is 9.76. The van der Waals surface area contributed by atoms with E-state index in [0.29, 0.717) is 0 Å². The SMILES string of the molecule is COc1ccnc(C(=O)NC2CC2)c1O. The number of methoxy groups -OCH3 is 1. The van der Waals surface area contributed by atoms with Gasteiger partial charge in [0.05, 0.1) is 7.11 Å². The largest absolute Gasteiger partial charge is 0.503 e. The van der Waals surface area contributed by atoms with Crippen LogP contribution in [0.2, 0.25) is 0 Å². The third-order valence-corrected chi connectivity index (χ3v) is 2.23. The Labute approximate surface area is 87.1 Å². The minimum Gasteiger partial charge on any atom is -0.503 e. The van der Waals surface area contributed by atoms with Crippen LogP contribution in [0.15, 0.2) is 12.3 Å². The Balaban J connectivity index is 2.22. The zero-order valence-corrected chi connectivity index (χ0v) is 8.36. The van der Waals surface area contributed by atoms with Crippen LogP contribution in [-0.4, -0.2) is 29.1 Å². The van der Waals surface area contributed by atoms with Gasteiger partial charge >= 0.3 is 0 Å². The normalized spacial score (nSPS) is 14.7. The maximum absolute atomic E-state index is 11.6. The van der Waals surface area contributed by atoms with Gasteiger partial charge in [-0.25, -0.2) is 4.98 Å². The molecule has 15 heavy (non-hydrogen) atoms. The topological polar surface area (TPSA) is 71.5 Å². The minimum absolute atomic E-state index is 0.0150. The number of ether oxygens (including phenoxy) is 1. The summed E-state index contributed by atoms with van der Waals surface area (Å²) in [5.74, 6) is -0.307. The molecule has 1 aromatic rings. The number of rotatable bonds is 3. The molecule has 1 aromatic heterocycles. The van der Waals surface area contributed by atoms with Crippen molar-refractivity contribution in [1.82, 2.24) is 10.3 Å². The summed E-state index contributed by atoms with van der Waals surface area (Å²) in [6.07, 6.45) is 3.42. The van der Waals surface area contributed by atoms with Crippen LogP contribution in [0.5, 0.6) is 11.5 Å². The Morgan fingerprint density at radius 1 is 1.67 bits per heavy atom. The van der Waals surface area contributed by atoms with Crippen LogP contribution in [0.1, 0.15) is 23.3 Å². The molecule has 1 saturated carbocycles. The number of amides is 1. The molecule has 2 rings (SSSR count). The Hall–Kier alpha value is -1.78. The van der Waals surface area contributed by atoms with E-state index in [1.165, 1.54) is 19.4 Å². The van der Waals surface area contributed by atoms with E-state index in [9.17, 15) is 9.90 Å². The molecule has 1 heterocycles. The second-order valence-electron chi connectivity index (χ2n) is 3.46. The molecule has 0 unspecified atom stereocenters. The molecule has 0 radical (unpaired) electrons. The molecule has 0 bridgehead atoms. The van der Waals surface area contributed by atoms with Gasteiger partial charge in [-0.15, -0.1) is 0 Å². The molecule has 2 N–H and O–H groups in total. The lowest BCUT2D eigenvalue weighted by atomic mass is 10.3. The van der Waals surface area contributed by atoms with Crippen LogP contribution in [0.25, 0.3) is 0 Å². The smallest absolute Gasteiger partial charge is 0.274 e. The van der Waals surface area contributed by atoms with Gasteiger partial charge in [0.15, 0.2) is 17.2 Å². The van der Waals surface area contributed by atoms with E-state index in [0.717, 1.165) is 12.8 Å². The van der Waals surface area contributed by atoms with E-state index in [4.69, 9.17) is 4.74 Å². The van der Waals surface area contributed by atoms with Crippen molar-refractivity contribution in [1.29, 1.82) is 0 Å². The number of aromatic hydroxyl groups is 1. The summed E-state index contributed by atoms with van der Waals surface area (Å²) in [6, 6.07) is 1.74. The van der Waals surface area contributed by atoms with Crippen molar-refractivity contribution in [2.75, 3.05) is 7.11 Å². The summed E-state index contributed by atoms with van der Waals surface area (Å²) in [6.45, 7) is 0. The van der Waals surface area contributed by atoms with Gasteiger partial charge in [0.25, 0.3) is 5.91 Å². The number of nitrogens with one attached hydrogen (secondary N) is 1. The van der Waals surface area contributed by atoms with Gasteiger partial charge in [-0.2, -0.15) is 0 Å². The van der Waals surface area contributed by atoms with Crippen LogP contribution in [0, 0.1) is 0 Å². The van der Waals surface area contributed by atoms with Crippen LogP contribution >= 0.6 is 0 Å². The molecule has 1 amide bonds. The van der Waals surface area contributed by atoms with Crippen LogP contribution in [0.3, 0.4) is 0 Å². The minimum atomic E-state index is -0.353. The second kappa shape index (κ2) is 3.76. The number of nitrogens with zero attached hydrogens (tertiary/aromatic N) is 1. The number of aromatic nitrogens is 1. The highest BCUT2D eigenvalue weighted by atomic mass is 16.5. The van der Waals surface area contributed by atoms with E-state index in [1.807, 2.05) is 0 Å².